The summed E-state index contributed by atoms with van der Waals surface area (Å²) in [6, 6.07) is 6.53. The molecule has 21 heavy (non-hydrogen) atoms. The predicted molar refractivity (Wildman–Crippen MR) is 78.4 cm³/mol. The van der Waals surface area contributed by atoms with E-state index in [1.54, 1.807) is 12.1 Å². The van der Waals surface area contributed by atoms with Gasteiger partial charge in [-0.15, -0.1) is 0 Å². The van der Waals surface area contributed by atoms with Crippen LogP contribution in [-0.4, -0.2) is 30.6 Å². The maximum Gasteiger partial charge on any atom is 0.387 e. The fourth-order valence-corrected chi connectivity index (χ4v) is 2.49. The molecular weight excluding hydrogens is 276 g/mol. The van der Waals surface area contributed by atoms with E-state index in [0.29, 0.717) is 18.4 Å². The van der Waals surface area contributed by atoms with E-state index in [0.717, 1.165) is 25.1 Å². The van der Waals surface area contributed by atoms with Crippen LogP contribution in [0.15, 0.2) is 29.3 Å². The number of halogens is 2. The Balaban J connectivity index is 1.96. The van der Waals surface area contributed by atoms with Crippen LogP contribution in [0.25, 0.3) is 0 Å². The maximum absolute atomic E-state index is 12.2. The normalized spacial score (nSPS) is 19.9. The molecule has 0 aromatic heterocycles. The Labute approximate surface area is 123 Å². The van der Waals surface area contributed by atoms with Crippen molar-refractivity contribution in [3.05, 3.63) is 29.8 Å². The number of nitrogens with zero attached hydrogens (tertiary/aromatic N) is 2. The van der Waals surface area contributed by atoms with Crippen molar-refractivity contribution in [1.82, 2.24) is 4.90 Å². The number of likely N-dealkylation sites (tertiary alicyclic amines) is 1. The Hall–Kier alpha value is -1.85. The van der Waals surface area contributed by atoms with Crippen LogP contribution in [0.2, 0.25) is 0 Å². The minimum Gasteiger partial charge on any atom is -0.435 e. The van der Waals surface area contributed by atoms with Crippen LogP contribution in [0.1, 0.15) is 25.3 Å². The molecule has 0 saturated carbocycles. The van der Waals surface area contributed by atoms with Gasteiger partial charge >= 0.3 is 6.61 Å². The van der Waals surface area contributed by atoms with Crippen LogP contribution in [0.4, 0.5) is 8.78 Å². The van der Waals surface area contributed by atoms with Crippen LogP contribution in [-0.2, 0) is 6.54 Å². The highest BCUT2D eigenvalue weighted by molar-refractivity contribution is 5.78. The third-order valence-electron chi connectivity index (χ3n) is 3.53. The summed E-state index contributed by atoms with van der Waals surface area (Å²) in [6.45, 7) is 1.59. The molecule has 0 radical (unpaired) electrons. The average molecular weight is 297 g/mol. The van der Waals surface area contributed by atoms with Crippen molar-refractivity contribution in [3.63, 3.8) is 0 Å². The Kier molecular flexibility index (Phi) is 5.36. The molecule has 2 rings (SSSR count). The minimum absolute atomic E-state index is 0.142. The van der Waals surface area contributed by atoms with Gasteiger partial charge in [0.15, 0.2) is 5.96 Å². The van der Waals surface area contributed by atoms with Crippen LogP contribution in [0, 0.1) is 5.92 Å². The van der Waals surface area contributed by atoms with Crippen LogP contribution >= 0.6 is 0 Å². The lowest BCUT2D eigenvalue weighted by Crippen LogP contribution is -2.43. The number of aliphatic imine (C=N–C) groups is 1. The lowest BCUT2D eigenvalue weighted by Gasteiger charge is -2.31. The molecule has 1 aromatic carbocycles. The van der Waals surface area contributed by atoms with Crippen molar-refractivity contribution in [2.75, 3.05) is 13.1 Å². The van der Waals surface area contributed by atoms with Crippen LogP contribution in [0.5, 0.6) is 5.75 Å². The molecule has 1 aliphatic heterocycles. The van der Waals surface area contributed by atoms with Crippen molar-refractivity contribution in [1.29, 1.82) is 0 Å². The van der Waals surface area contributed by atoms with Gasteiger partial charge in [0.25, 0.3) is 0 Å². The highest BCUT2D eigenvalue weighted by Gasteiger charge is 2.17. The van der Waals surface area contributed by atoms with Gasteiger partial charge < -0.3 is 15.4 Å². The molecule has 6 heteroatoms. The van der Waals surface area contributed by atoms with Gasteiger partial charge in [0, 0.05) is 13.1 Å². The SMILES string of the molecule is CC1CCCN(C(N)=NCc2cccc(OC(F)F)c2)C1. The van der Waals surface area contributed by atoms with Crippen LogP contribution < -0.4 is 10.5 Å². The van der Waals surface area contributed by atoms with Crippen molar-refractivity contribution >= 4 is 5.96 Å². The lowest BCUT2D eigenvalue weighted by atomic mass is 10.0. The van der Waals surface area contributed by atoms with Gasteiger partial charge in [-0.05, 0) is 36.5 Å². The highest BCUT2D eigenvalue weighted by atomic mass is 19.3. The van der Waals surface area contributed by atoms with Crippen molar-refractivity contribution in [2.45, 2.75) is 32.9 Å². The zero-order valence-electron chi connectivity index (χ0n) is 12.1. The first-order valence-corrected chi connectivity index (χ1v) is 7.13. The zero-order valence-corrected chi connectivity index (χ0v) is 12.1. The average Bonchev–Trinajstić information content (AvgIpc) is 2.44. The van der Waals surface area contributed by atoms with E-state index in [-0.39, 0.29) is 5.75 Å². The Morgan fingerprint density at radius 2 is 2.33 bits per heavy atom. The molecule has 116 valence electrons. The Morgan fingerprint density at radius 3 is 3.05 bits per heavy atom. The van der Waals surface area contributed by atoms with E-state index < -0.39 is 6.61 Å². The second kappa shape index (κ2) is 7.24. The number of guanidine groups is 1. The van der Waals surface area contributed by atoms with E-state index in [1.165, 1.54) is 12.5 Å². The number of piperidine rings is 1. The van der Waals surface area contributed by atoms with E-state index in [4.69, 9.17) is 5.73 Å². The van der Waals surface area contributed by atoms with E-state index in [2.05, 4.69) is 21.6 Å². The summed E-state index contributed by atoms with van der Waals surface area (Å²) in [6.07, 6.45) is 2.34. The first-order chi connectivity index (χ1) is 10.0. The van der Waals surface area contributed by atoms with Gasteiger partial charge in [0.1, 0.15) is 5.75 Å². The van der Waals surface area contributed by atoms with Gasteiger partial charge in [-0.25, -0.2) is 4.99 Å². The van der Waals surface area contributed by atoms with Crippen molar-refractivity contribution in [2.24, 2.45) is 16.6 Å². The van der Waals surface area contributed by atoms with E-state index in [9.17, 15) is 8.78 Å². The molecule has 0 aliphatic carbocycles. The number of ether oxygens (including phenoxy) is 1. The molecule has 0 amide bonds. The molecule has 1 unspecified atom stereocenters. The maximum atomic E-state index is 12.2. The standard InChI is InChI=1S/C15H21F2N3O/c1-11-4-3-7-20(10-11)15(18)19-9-12-5-2-6-13(8-12)21-14(16)17/h2,5-6,8,11,14H,3-4,7,9-10H2,1H3,(H2,18,19). The van der Waals surface area contributed by atoms with Gasteiger partial charge in [-0.2, -0.15) is 8.78 Å². The molecule has 0 spiro atoms. The Bertz CT molecular complexity index is 494. The first kappa shape index (κ1) is 15.5. The lowest BCUT2D eigenvalue weighted by molar-refractivity contribution is -0.0498. The molecule has 2 N–H and O–H groups in total. The summed E-state index contributed by atoms with van der Waals surface area (Å²) in [5, 5.41) is 0. The predicted octanol–water partition coefficient (Wildman–Crippen LogP) is 2.83. The Morgan fingerprint density at radius 1 is 1.52 bits per heavy atom. The zero-order chi connectivity index (χ0) is 15.2. The molecule has 4 nitrogen and oxygen atoms in total. The number of hydrogen-bond donors (Lipinski definition) is 1. The molecule has 1 aromatic rings. The minimum atomic E-state index is -2.82. The van der Waals surface area contributed by atoms with E-state index >= 15 is 0 Å². The van der Waals surface area contributed by atoms with Crippen molar-refractivity contribution < 1.29 is 13.5 Å². The van der Waals surface area contributed by atoms with Crippen molar-refractivity contribution in [3.8, 4) is 5.75 Å². The van der Waals surface area contributed by atoms with Gasteiger partial charge in [0.05, 0.1) is 6.54 Å². The summed E-state index contributed by atoms with van der Waals surface area (Å²) in [5.74, 6) is 1.28. The monoisotopic (exact) mass is 297 g/mol. The fourth-order valence-electron chi connectivity index (χ4n) is 2.49. The largest absolute Gasteiger partial charge is 0.435 e. The summed E-state index contributed by atoms with van der Waals surface area (Å²) < 4.78 is 28.7. The number of hydrogen-bond acceptors (Lipinski definition) is 2. The number of benzene rings is 1. The first-order valence-electron chi connectivity index (χ1n) is 7.13. The molecule has 1 aliphatic rings. The molecule has 1 atom stereocenters. The summed E-state index contributed by atoms with van der Waals surface area (Å²) in [5.41, 5.74) is 6.79. The summed E-state index contributed by atoms with van der Waals surface area (Å²) >= 11 is 0. The smallest absolute Gasteiger partial charge is 0.387 e. The highest BCUT2D eigenvalue weighted by Crippen LogP contribution is 2.17. The fraction of sp³-hybridized carbons (Fsp3) is 0.533. The van der Waals surface area contributed by atoms with Gasteiger partial charge in [-0.1, -0.05) is 19.1 Å². The van der Waals surface area contributed by atoms with E-state index in [1.807, 2.05) is 6.07 Å². The molecule has 1 heterocycles. The van der Waals surface area contributed by atoms with Gasteiger partial charge in [0.2, 0.25) is 0 Å². The van der Waals surface area contributed by atoms with Crippen LogP contribution in [0.3, 0.4) is 0 Å². The topological polar surface area (TPSA) is 50.8 Å². The third-order valence-corrected chi connectivity index (χ3v) is 3.53. The summed E-state index contributed by atoms with van der Waals surface area (Å²) in [7, 11) is 0. The van der Waals surface area contributed by atoms with Gasteiger partial charge in [-0.3, -0.25) is 0 Å². The molecular formula is C15H21F2N3O. The number of rotatable bonds is 4. The molecule has 1 fully saturated rings. The number of alkyl halides is 2. The number of nitrogens with two attached hydrogens (primary N) is 1. The third kappa shape index (κ3) is 4.88. The second-order valence-electron chi connectivity index (χ2n) is 5.39. The second-order valence-corrected chi connectivity index (χ2v) is 5.39. The quantitative estimate of drug-likeness (QED) is 0.687. The molecule has 0 bridgehead atoms. The molecule has 1 saturated heterocycles. The summed E-state index contributed by atoms with van der Waals surface area (Å²) in [4.78, 5) is 6.43.